The number of benzene rings is 2. The number of methoxy groups -OCH3 is 1. The molecule has 3 unspecified atom stereocenters. The zero-order valence-corrected chi connectivity index (χ0v) is 45.1. The van der Waals surface area contributed by atoms with E-state index in [1.807, 2.05) is 74.1 Å². The van der Waals surface area contributed by atoms with Crippen molar-refractivity contribution in [3.8, 4) is 28.6 Å². The number of aromatic nitrogens is 3. The van der Waals surface area contributed by atoms with E-state index < -0.39 is 0 Å². The molecule has 1 saturated heterocycles. The second kappa shape index (κ2) is 30.3. The number of nitriles is 1. The standard InChI is InChI=1S/C35H47N5O4S.C14H21NO.C6H8N2.CH5N/c1-7-40-30-13-12-25(29-20-45-32(39-29)15-14-31(42)23(2)10-8-17-38-36)18-27(30)28(19-35(4,5)21-44-22-41)34(40)26-11-9-16-37-33(26)24(3)43-6;1-11(2)14(15(3)4)13(16)10-12-8-6-5-7-9-12;1-2-8-4-6(3-7)5-8;1-2/h9,11-13,16,18,20,22-24,38H,7-8,10,14-15,17,19,21,36H2,1-6H3;5-9,11,14H,10H2,1-4H3;2,6H,1,4-5H2;2H2,1H3. The molecule has 3 aromatic heterocycles. The first-order valence-electron chi connectivity index (χ1n) is 24.7. The molecule has 6 rings (SSSR count). The van der Waals surface area contributed by atoms with Crippen molar-refractivity contribution in [3.63, 3.8) is 0 Å². The smallest absolute Gasteiger partial charge is 0.293 e. The number of likely N-dealkylation sites (tertiary alicyclic amines) is 1. The number of nitrogens with zero attached hydrogens (tertiary/aromatic N) is 6. The number of hydrazine groups is 1. The summed E-state index contributed by atoms with van der Waals surface area (Å²) in [5.41, 5.74) is 15.2. The molecule has 2 aromatic carbocycles. The first-order chi connectivity index (χ1) is 34.0. The number of likely N-dealkylation sites (N-methyl/N-ethyl adjacent to an activating group) is 1. The summed E-state index contributed by atoms with van der Waals surface area (Å²) in [5.74, 6) is 6.55. The Bertz CT molecular complexity index is 2450. The molecular formula is C56H81N9O5S. The first kappa shape index (κ1) is 59.7. The lowest BCUT2D eigenvalue weighted by atomic mass is 9.84. The molecule has 0 saturated carbocycles. The van der Waals surface area contributed by atoms with Crippen LogP contribution in [0.25, 0.3) is 33.4 Å². The number of aryl methyl sites for hydroxylation is 2. The van der Waals surface area contributed by atoms with Crippen LogP contribution in [-0.4, -0.2) is 103 Å². The minimum absolute atomic E-state index is 0.0141. The fourth-order valence-corrected chi connectivity index (χ4v) is 9.66. The van der Waals surface area contributed by atoms with Crippen LogP contribution in [0, 0.1) is 34.5 Å². The Kier molecular flexibility index (Phi) is 25.5. The van der Waals surface area contributed by atoms with Crippen LogP contribution in [0.3, 0.4) is 0 Å². The number of nitrogens with two attached hydrogens (primary N) is 2. The molecule has 71 heavy (non-hydrogen) atoms. The number of carbonyl (C=O) groups is 3. The number of fused-ring (bicyclic) bond motifs is 1. The van der Waals surface area contributed by atoms with Crippen molar-refractivity contribution in [2.75, 3.05) is 54.5 Å². The molecule has 3 atom stereocenters. The lowest BCUT2D eigenvalue weighted by molar-refractivity contribution is -0.131. The van der Waals surface area contributed by atoms with Crippen molar-refractivity contribution in [1.29, 1.82) is 5.26 Å². The number of ketones is 2. The van der Waals surface area contributed by atoms with Crippen LogP contribution in [0.2, 0.25) is 0 Å². The Morgan fingerprint density at radius 2 is 1.77 bits per heavy atom. The third-order valence-electron chi connectivity index (χ3n) is 12.5. The van der Waals surface area contributed by atoms with Gasteiger partial charge in [0.25, 0.3) is 6.47 Å². The number of rotatable bonds is 24. The number of Topliss-reactive ketones (excluding diaryl/α,β-unsaturated/α-hetero) is 2. The van der Waals surface area contributed by atoms with Crippen LogP contribution < -0.4 is 17.0 Å². The van der Waals surface area contributed by atoms with E-state index in [0.29, 0.717) is 57.0 Å². The fourth-order valence-electron chi connectivity index (χ4n) is 8.85. The van der Waals surface area contributed by atoms with Gasteiger partial charge in [-0.3, -0.25) is 35.5 Å². The second-order valence-corrected chi connectivity index (χ2v) is 20.1. The molecule has 14 nitrogen and oxygen atoms in total. The quantitative estimate of drug-likeness (QED) is 0.0229. The average molecular weight is 992 g/mol. The molecule has 0 amide bonds. The third-order valence-corrected chi connectivity index (χ3v) is 13.5. The van der Waals surface area contributed by atoms with E-state index in [1.54, 1.807) is 30.8 Å². The summed E-state index contributed by atoms with van der Waals surface area (Å²) >= 11 is 1.60. The lowest BCUT2D eigenvalue weighted by Crippen LogP contribution is -2.41. The predicted molar refractivity (Wildman–Crippen MR) is 289 cm³/mol. The minimum Gasteiger partial charge on any atom is -0.467 e. The highest BCUT2D eigenvalue weighted by atomic mass is 32.1. The van der Waals surface area contributed by atoms with Gasteiger partial charge in [0.05, 0.1) is 52.8 Å². The van der Waals surface area contributed by atoms with Gasteiger partial charge < -0.3 is 24.7 Å². The van der Waals surface area contributed by atoms with Gasteiger partial charge in [0.2, 0.25) is 0 Å². The summed E-state index contributed by atoms with van der Waals surface area (Å²) in [6, 6.07) is 22.7. The van der Waals surface area contributed by atoms with Gasteiger partial charge in [-0.05, 0) is 102 Å². The van der Waals surface area contributed by atoms with E-state index in [-0.39, 0.29) is 35.2 Å². The summed E-state index contributed by atoms with van der Waals surface area (Å²) in [4.78, 5) is 49.7. The van der Waals surface area contributed by atoms with E-state index in [4.69, 9.17) is 30.5 Å². The molecule has 386 valence electrons. The minimum atomic E-state index is -0.313. The molecular weight excluding hydrogens is 911 g/mol. The number of hydrogen-bond donors (Lipinski definition) is 3. The number of nitrogens with one attached hydrogen (secondary N) is 1. The highest BCUT2D eigenvalue weighted by Gasteiger charge is 2.29. The van der Waals surface area contributed by atoms with Gasteiger partial charge in [0, 0.05) is 97.5 Å². The highest BCUT2D eigenvalue weighted by molar-refractivity contribution is 7.10. The topological polar surface area (TPSA) is 195 Å². The maximum atomic E-state index is 12.7. The largest absolute Gasteiger partial charge is 0.467 e. The molecule has 0 radical (unpaired) electrons. The van der Waals surface area contributed by atoms with Gasteiger partial charge in [-0.1, -0.05) is 77.6 Å². The van der Waals surface area contributed by atoms with Crippen molar-refractivity contribution < 1.29 is 23.9 Å². The van der Waals surface area contributed by atoms with Crippen LogP contribution in [0.5, 0.6) is 0 Å². The highest BCUT2D eigenvalue weighted by Crippen LogP contribution is 2.42. The van der Waals surface area contributed by atoms with Gasteiger partial charge in [-0.15, -0.1) is 11.3 Å². The molecule has 0 spiro atoms. The van der Waals surface area contributed by atoms with Gasteiger partial charge in [0.1, 0.15) is 5.78 Å². The Morgan fingerprint density at radius 3 is 2.37 bits per heavy atom. The van der Waals surface area contributed by atoms with Gasteiger partial charge in [-0.25, -0.2) is 4.98 Å². The van der Waals surface area contributed by atoms with E-state index in [1.165, 1.54) is 12.6 Å². The van der Waals surface area contributed by atoms with Gasteiger partial charge >= 0.3 is 0 Å². The molecule has 1 fully saturated rings. The van der Waals surface area contributed by atoms with E-state index in [9.17, 15) is 14.4 Å². The van der Waals surface area contributed by atoms with E-state index >= 15 is 0 Å². The number of thiazole rings is 1. The molecule has 5 aromatic rings. The predicted octanol–water partition coefficient (Wildman–Crippen LogP) is 9.22. The Morgan fingerprint density at radius 1 is 1.07 bits per heavy atom. The third kappa shape index (κ3) is 17.6. The monoisotopic (exact) mass is 992 g/mol. The van der Waals surface area contributed by atoms with Crippen molar-refractivity contribution in [1.82, 2.24) is 29.8 Å². The van der Waals surface area contributed by atoms with Crippen molar-refractivity contribution in [2.45, 2.75) is 106 Å². The number of pyridine rings is 1. The van der Waals surface area contributed by atoms with Crippen molar-refractivity contribution >= 4 is 40.3 Å². The van der Waals surface area contributed by atoms with Crippen LogP contribution >= 0.6 is 11.3 Å². The molecule has 15 heteroatoms. The summed E-state index contributed by atoms with van der Waals surface area (Å²) in [6.07, 6.45) is 7.44. The first-order valence-corrected chi connectivity index (χ1v) is 25.6. The maximum absolute atomic E-state index is 12.7. The summed E-state index contributed by atoms with van der Waals surface area (Å²) in [7, 11) is 7.13. The van der Waals surface area contributed by atoms with Crippen molar-refractivity contribution in [2.24, 2.45) is 34.7 Å². The van der Waals surface area contributed by atoms with Gasteiger partial charge in [0.15, 0.2) is 5.78 Å². The van der Waals surface area contributed by atoms with Crippen LogP contribution in [0.15, 0.2) is 85.0 Å². The molecule has 4 heterocycles. The summed E-state index contributed by atoms with van der Waals surface area (Å²) < 4.78 is 13.3. The molecule has 1 aliphatic rings. The SMILES string of the molecule is C=CN1CC(C#N)C1.CC(C)C(C(=O)Cc1ccccc1)N(C)C.CCn1c(-c2cccnc2C(C)OC)c(CC(C)(C)COC=O)c2cc(-c3csc(CCC(=O)C(C)CCCNN)n3)ccc21.CN. The van der Waals surface area contributed by atoms with Crippen molar-refractivity contribution in [3.05, 3.63) is 107 Å². The molecule has 1 aliphatic heterocycles. The number of carbonyl (C=O) groups excluding carboxylic acids is 3. The van der Waals surface area contributed by atoms with Crippen LogP contribution in [-0.2, 0) is 49.7 Å². The summed E-state index contributed by atoms with van der Waals surface area (Å²) in [5, 5.41) is 12.5. The molecule has 0 aliphatic carbocycles. The Labute approximate surface area is 427 Å². The average Bonchev–Trinajstić information content (AvgIpc) is 3.95. The van der Waals surface area contributed by atoms with Crippen LogP contribution in [0.1, 0.15) is 95.7 Å². The number of ether oxygens (including phenoxy) is 2. The zero-order valence-electron chi connectivity index (χ0n) is 44.2. The molecule has 0 bridgehead atoms. The van der Waals surface area contributed by atoms with Crippen LogP contribution in [0.4, 0.5) is 0 Å². The van der Waals surface area contributed by atoms with E-state index in [0.717, 1.165) is 82.2 Å². The zero-order chi connectivity index (χ0) is 52.7. The summed E-state index contributed by atoms with van der Waals surface area (Å²) in [6.45, 7) is 22.2. The Hall–Kier alpha value is -5.60. The number of hydrogen-bond acceptors (Lipinski definition) is 14. The van der Waals surface area contributed by atoms with E-state index in [2.05, 4.69) is 92.6 Å². The lowest BCUT2D eigenvalue weighted by Gasteiger charge is -2.33. The maximum Gasteiger partial charge on any atom is 0.293 e. The van der Waals surface area contributed by atoms with Gasteiger partial charge in [-0.2, -0.15) is 5.26 Å². The fraction of sp³-hybridized carbons (Fsp3) is 0.500. The Balaban J connectivity index is 0.000000416. The normalized spacial score (nSPS) is 13.6. The molecule has 5 N–H and O–H groups in total. The second-order valence-electron chi connectivity index (χ2n) is 19.2.